The maximum absolute atomic E-state index is 13.0. The monoisotopic (exact) mass is 329 g/mol. The number of amides is 1. The number of ketones is 1. The molecule has 126 valence electrons. The standard InChI is InChI=1S/C19H20FNO3/c1-2-24-13-5-12-21-19(23)17-7-4-3-6-16(17)18(22)14-8-10-15(20)11-9-14/h3-4,6-11H,2,5,12-13H2,1H3,(H,21,23). The minimum atomic E-state index is -0.410. The molecule has 2 aromatic carbocycles. The summed E-state index contributed by atoms with van der Waals surface area (Å²) < 4.78 is 18.2. The summed E-state index contributed by atoms with van der Waals surface area (Å²) >= 11 is 0. The van der Waals surface area contributed by atoms with Crippen molar-refractivity contribution in [3.63, 3.8) is 0 Å². The van der Waals surface area contributed by atoms with Crippen molar-refractivity contribution in [2.75, 3.05) is 19.8 Å². The first-order valence-electron chi connectivity index (χ1n) is 7.88. The molecule has 0 atom stereocenters. The Bertz CT molecular complexity index is 698. The van der Waals surface area contributed by atoms with E-state index in [1.165, 1.54) is 24.3 Å². The van der Waals surface area contributed by atoms with E-state index in [-0.39, 0.29) is 11.7 Å². The van der Waals surface area contributed by atoms with Crippen LogP contribution in [-0.2, 0) is 4.74 Å². The lowest BCUT2D eigenvalue weighted by molar-refractivity contribution is 0.0933. The third kappa shape index (κ3) is 4.73. The number of ether oxygens (including phenoxy) is 1. The molecule has 0 aromatic heterocycles. The SMILES string of the molecule is CCOCCCNC(=O)c1ccccc1C(=O)c1ccc(F)cc1. The van der Waals surface area contributed by atoms with Crippen molar-refractivity contribution < 1.29 is 18.7 Å². The molecular weight excluding hydrogens is 309 g/mol. The maximum atomic E-state index is 13.0. The summed E-state index contributed by atoms with van der Waals surface area (Å²) in [6.07, 6.45) is 0.702. The summed E-state index contributed by atoms with van der Waals surface area (Å²) in [5.74, 6) is -1.03. The van der Waals surface area contributed by atoms with Gasteiger partial charge in [-0.05, 0) is 43.7 Å². The summed E-state index contributed by atoms with van der Waals surface area (Å²) in [6, 6.07) is 11.9. The molecule has 2 aromatic rings. The fraction of sp³-hybridized carbons (Fsp3) is 0.263. The molecule has 0 fully saturated rings. The summed E-state index contributed by atoms with van der Waals surface area (Å²) in [5, 5.41) is 2.78. The molecule has 1 amide bonds. The highest BCUT2D eigenvalue weighted by molar-refractivity contribution is 6.15. The zero-order valence-electron chi connectivity index (χ0n) is 13.5. The Labute approximate surface area is 140 Å². The van der Waals surface area contributed by atoms with E-state index in [0.29, 0.717) is 42.9 Å². The Kier molecular flexibility index (Phi) is 6.63. The van der Waals surface area contributed by atoms with Gasteiger partial charge < -0.3 is 10.1 Å². The third-order valence-corrected chi connectivity index (χ3v) is 3.48. The van der Waals surface area contributed by atoms with Gasteiger partial charge in [0.2, 0.25) is 0 Å². The van der Waals surface area contributed by atoms with Crippen LogP contribution < -0.4 is 5.32 Å². The fourth-order valence-corrected chi connectivity index (χ4v) is 2.25. The number of carbonyl (C=O) groups excluding carboxylic acids is 2. The molecule has 0 aliphatic rings. The van der Waals surface area contributed by atoms with E-state index in [4.69, 9.17) is 4.74 Å². The van der Waals surface area contributed by atoms with Crippen molar-refractivity contribution in [2.24, 2.45) is 0 Å². The Morgan fingerprint density at radius 2 is 1.71 bits per heavy atom. The molecule has 1 N–H and O–H groups in total. The van der Waals surface area contributed by atoms with Crippen molar-refractivity contribution in [3.8, 4) is 0 Å². The van der Waals surface area contributed by atoms with Crippen LogP contribution >= 0.6 is 0 Å². The molecule has 4 nitrogen and oxygen atoms in total. The second-order valence-corrected chi connectivity index (χ2v) is 5.19. The quantitative estimate of drug-likeness (QED) is 0.598. The van der Waals surface area contributed by atoms with E-state index in [9.17, 15) is 14.0 Å². The number of rotatable bonds is 8. The molecule has 5 heteroatoms. The fourth-order valence-electron chi connectivity index (χ4n) is 2.25. The first-order valence-corrected chi connectivity index (χ1v) is 7.88. The summed E-state index contributed by atoms with van der Waals surface area (Å²) in [7, 11) is 0. The van der Waals surface area contributed by atoms with Gasteiger partial charge in [-0.15, -0.1) is 0 Å². The van der Waals surface area contributed by atoms with Crippen molar-refractivity contribution in [1.82, 2.24) is 5.32 Å². The van der Waals surface area contributed by atoms with Gasteiger partial charge in [-0.1, -0.05) is 18.2 Å². The molecular formula is C19H20FNO3. The Morgan fingerprint density at radius 3 is 2.38 bits per heavy atom. The highest BCUT2D eigenvalue weighted by Gasteiger charge is 2.17. The van der Waals surface area contributed by atoms with Gasteiger partial charge in [0.05, 0.1) is 5.56 Å². The predicted molar refractivity (Wildman–Crippen MR) is 89.7 cm³/mol. The van der Waals surface area contributed by atoms with Crippen LogP contribution in [0.25, 0.3) is 0 Å². The molecule has 0 saturated carbocycles. The highest BCUT2D eigenvalue weighted by atomic mass is 19.1. The highest BCUT2D eigenvalue weighted by Crippen LogP contribution is 2.15. The molecule has 0 spiro atoms. The van der Waals surface area contributed by atoms with E-state index in [1.807, 2.05) is 6.92 Å². The largest absolute Gasteiger partial charge is 0.382 e. The molecule has 0 aliphatic carbocycles. The van der Waals surface area contributed by atoms with Crippen LogP contribution in [0.3, 0.4) is 0 Å². The Balaban J connectivity index is 2.10. The van der Waals surface area contributed by atoms with E-state index in [0.717, 1.165) is 0 Å². The van der Waals surface area contributed by atoms with E-state index < -0.39 is 5.82 Å². The van der Waals surface area contributed by atoms with Gasteiger partial charge in [0.15, 0.2) is 5.78 Å². The van der Waals surface area contributed by atoms with Crippen LogP contribution in [0.2, 0.25) is 0 Å². The predicted octanol–water partition coefficient (Wildman–Crippen LogP) is 3.21. The number of hydrogen-bond acceptors (Lipinski definition) is 3. The third-order valence-electron chi connectivity index (χ3n) is 3.48. The van der Waals surface area contributed by atoms with E-state index >= 15 is 0 Å². The maximum Gasteiger partial charge on any atom is 0.252 e. The molecule has 0 unspecified atom stereocenters. The second kappa shape index (κ2) is 8.93. The molecule has 0 aliphatic heterocycles. The minimum absolute atomic E-state index is 0.298. The van der Waals surface area contributed by atoms with Gasteiger partial charge in [-0.2, -0.15) is 0 Å². The van der Waals surface area contributed by atoms with Gasteiger partial charge in [-0.25, -0.2) is 4.39 Å². The topological polar surface area (TPSA) is 55.4 Å². The minimum Gasteiger partial charge on any atom is -0.382 e. The van der Waals surface area contributed by atoms with Crippen molar-refractivity contribution in [2.45, 2.75) is 13.3 Å². The number of carbonyl (C=O) groups is 2. The lowest BCUT2D eigenvalue weighted by Crippen LogP contribution is -2.27. The summed E-state index contributed by atoms with van der Waals surface area (Å²) in [4.78, 5) is 24.9. The molecule has 0 saturated heterocycles. The molecule has 2 rings (SSSR count). The van der Waals surface area contributed by atoms with Crippen molar-refractivity contribution in [1.29, 1.82) is 0 Å². The van der Waals surface area contributed by atoms with E-state index in [1.54, 1.807) is 24.3 Å². The van der Waals surface area contributed by atoms with Gasteiger partial charge >= 0.3 is 0 Å². The number of hydrogen-bond donors (Lipinski definition) is 1. The number of nitrogens with one attached hydrogen (secondary N) is 1. The van der Waals surface area contributed by atoms with E-state index in [2.05, 4.69) is 5.32 Å². The average Bonchev–Trinajstić information content (AvgIpc) is 2.61. The Hall–Kier alpha value is -2.53. The first kappa shape index (κ1) is 17.8. The van der Waals surface area contributed by atoms with Crippen LogP contribution in [0.5, 0.6) is 0 Å². The zero-order chi connectivity index (χ0) is 17.4. The Morgan fingerprint density at radius 1 is 1.04 bits per heavy atom. The smallest absolute Gasteiger partial charge is 0.252 e. The van der Waals surface area contributed by atoms with Gasteiger partial charge in [0.1, 0.15) is 5.82 Å². The van der Waals surface area contributed by atoms with Crippen LogP contribution in [0, 0.1) is 5.82 Å². The second-order valence-electron chi connectivity index (χ2n) is 5.19. The van der Waals surface area contributed by atoms with Crippen LogP contribution in [0.4, 0.5) is 4.39 Å². The number of benzene rings is 2. The summed E-state index contributed by atoms with van der Waals surface area (Å²) in [6.45, 7) is 3.60. The normalized spacial score (nSPS) is 10.4. The van der Waals surface area contributed by atoms with Gasteiger partial charge in [-0.3, -0.25) is 9.59 Å². The molecule has 0 radical (unpaired) electrons. The molecule has 0 heterocycles. The van der Waals surface area contributed by atoms with Crippen LogP contribution in [0.1, 0.15) is 39.6 Å². The first-order chi connectivity index (χ1) is 11.6. The zero-order valence-corrected chi connectivity index (χ0v) is 13.5. The van der Waals surface area contributed by atoms with Crippen LogP contribution in [-0.4, -0.2) is 31.4 Å². The summed E-state index contributed by atoms with van der Waals surface area (Å²) in [5.41, 5.74) is 0.947. The molecule has 24 heavy (non-hydrogen) atoms. The van der Waals surface area contributed by atoms with Crippen molar-refractivity contribution in [3.05, 3.63) is 71.0 Å². The van der Waals surface area contributed by atoms with Gasteiger partial charge in [0, 0.05) is 30.9 Å². The molecule has 0 bridgehead atoms. The van der Waals surface area contributed by atoms with Crippen molar-refractivity contribution >= 4 is 11.7 Å². The lowest BCUT2D eigenvalue weighted by atomic mass is 9.98. The average molecular weight is 329 g/mol. The number of halogens is 1. The van der Waals surface area contributed by atoms with Crippen LogP contribution in [0.15, 0.2) is 48.5 Å². The lowest BCUT2D eigenvalue weighted by Gasteiger charge is -2.10. The van der Waals surface area contributed by atoms with Gasteiger partial charge in [0.25, 0.3) is 5.91 Å².